The van der Waals surface area contributed by atoms with Gasteiger partial charge in [0.05, 0.1) is 7.11 Å². The van der Waals surface area contributed by atoms with Crippen molar-refractivity contribution >= 4 is 0 Å². The van der Waals surface area contributed by atoms with E-state index in [2.05, 4.69) is 26.0 Å². The number of hydrogen-bond donors (Lipinski definition) is 0. The fraction of sp³-hybridized carbons (Fsp3) is 0.600. The first-order valence-electron chi connectivity index (χ1n) is 6.49. The van der Waals surface area contributed by atoms with Gasteiger partial charge in [0.2, 0.25) is 0 Å². The third kappa shape index (κ3) is 1.54. The molecular formula is C15H20O2. The summed E-state index contributed by atoms with van der Waals surface area (Å²) in [7, 11) is 1.75. The van der Waals surface area contributed by atoms with Gasteiger partial charge in [0.25, 0.3) is 0 Å². The zero-order chi connectivity index (χ0) is 12.0. The first-order valence-corrected chi connectivity index (χ1v) is 6.49. The maximum atomic E-state index is 6.20. The Morgan fingerprint density at radius 1 is 1.29 bits per heavy atom. The molecule has 0 radical (unpaired) electrons. The number of rotatable bonds is 1. The smallest absolute Gasteiger partial charge is 0.127 e. The molecule has 1 fully saturated rings. The van der Waals surface area contributed by atoms with Crippen molar-refractivity contribution < 1.29 is 9.47 Å². The van der Waals surface area contributed by atoms with Crippen LogP contribution in [0.1, 0.15) is 44.6 Å². The Kier molecular flexibility index (Phi) is 2.35. The SMILES string of the molecule is COc1cccc2c1[C@@H]1CCC[C@H]1C(C)(C)O2. The Morgan fingerprint density at radius 3 is 2.88 bits per heavy atom. The maximum absolute atomic E-state index is 6.20. The first kappa shape index (κ1) is 10.9. The van der Waals surface area contributed by atoms with Gasteiger partial charge in [-0.3, -0.25) is 0 Å². The number of hydrogen-bond acceptors (Lipinski definition) is 2. The molecule has 1 saturated carbocycles. The summed E-state index contributed by atoms with van der Waals surface area (Å²) in [5.41, 5.74) is 1.26. The topological polar surface area (TPSA) is 18.5 Å². The van der Waals surface area contributed by atoms with Gasteiger partial charge >= 0.3 is 0 Å². The molecule has 0 unspecified atom stereocenters. The number of benzene rings is 1. The van der Waals surface area contributed by atoms with Crippen molar-refractivity contribution in [1.29, 1.82) is 0 Å². The number of ether oxygens (including phenoxy) is 2. The molecule has 0 N–H and O–H groups in total. The van der Waals surface area contributed by atoms with Crippen LogP contribution in [-0.4, -0.2) is 12.7 Å². The van der Waals surface area contributed by atoms with Crippen LogP contribution < -0.4 is 9.47 Å². The third-order valence-corrected chi connectivity index (χ3v) is 4.40. The molecule has 3 rings (SSSR count). The van der Waals surface area contributed by atoms with E-state index in [-0.39, 0.29) is 5.60 Å². The minimum Gasteiger partial charge on any atom is -0.496 e. The molecule has 2 nitrogen and oxygen atoms in total. The molecule has 1 aromatic rings. The fourth-order valence-corrected chi connectivity index (χ4v) is 3.65. The lowest BCUT2D eigenvalue weighted by Crippen LogP contribution is -2.42. The second-order valence-corrected chi connectivity index (χ2v) is 5.72. The summed E-state index contributed by atoms with van der Waals surface area (Å²) in [6.07, 6.45) is 3.85. The van der Waals surface area contributed by atoms with Gasteiger partial charge in [-0.2, -0.15) is 0 Å². The minimum absolute atomic E-state index is 0.0411. The minimum atomic E-state index is -0.0411. The van der Waals surface area contributed by atoms with Gasteiger partial charge in [0.1, 0.15) is 17.1 Å². The Balaban J connectivity index is 2.14. The molecule has 1 aromatic carbocycles. The molecule has 17 heavy (non-hydrogen) atoms. The summed E-state index contributed by atoms with van der Waals surface area (Å²) in [5, 5.41) is 0. The zero-order valence-electron chi connectivity index (χ0n) is 10.8. The van der Waals surface area contributed by atoms with Gasteiger partial charge in [-0.05, 0) is 44.7 Å². The fourth-order valence-electron chi connectivity index (χ4n) is 3.65. The van der Waals surface area contributed by atoms with E-state index in [1.165, 1.54) is 24.8 Å². The van der Waals surface area contributed by atoms with E-state index in [9.17, 15) is 0 Å². The van der Waals surface area contributed by atoms with Gasteiger partial charge in [0.15, 0.2) is 0 Å². The van der Waals surface area contributed by atoms with Gasteiger partial charge in [0, 0.05) is 11.5 Å². The molecule has 1 heterocycles. The van der Waals surface area contributed by atoms with Crippen LogP contribution in [-0.2, 0) is 0 Å². The van der Waals surface area contributed by atoms with Crippen molar-refractivity contribution in [2.24, 2.45) is 5.92 Å². The highest BCUT2D eigenvalue weighted by Gasteiger charge is 2.47. The lowest BCUT2D eigenvalue weighted by molar-refractivity contribution is 0.0192. The standard InChI is InChI=1S/C15H20O2/c1-15(2)11-7-4-6-10(11)14-12(16-3)8-5-9-13(14)17-15/h5,8-11H,4,6-7H2,1-3H3/t10-,11-/m1/s1. The second-order valence-electron chi connectivity index (χ2n) is 5.72. The van der Waals surface area contributed by atoms with Crippen LogP contribution in [0.25, 0.3) is 0 Å². The summed E-state index contributed by atoms with van der Waals surface area (Å²) < 4.78 is 11.7. The van der Waals surface area contributed by atoms with Crippen LogP contribution >= 0.6 is 0 Å². The van der Waals surface area contributed by atoms with Crippen LogP contribution in [0.15, 0.2) is 18.2 Å². The zero-order valence-corrected chi connectivity index (χ0v) is 10.8. The van der Waals surface area contributed by atoms with Crippen LogP contribution in [0.4, 0.5) is 0 Å². The van der Waals surface area contributed by atoms with Gasteiger partial charge < -0.3 is 9.47 Å². The Bertz CT molecular complexity index is 437. The van der Waals surface area contributed by atoms with Crippen molar-refractivity contribution in [3.05, 3.63) is 23.8 Å². The molecule has 1 aliphatic heterocycles. The largest absolute Gasteiger partial charge is 0.496 e. The summed E-state index contributed by atoms with van der Waals surface area (Å²) >= 11 is 0. The average molecular weight is 232 g/mol. The summed E-state index contributed by atoms with van der Waals surface area (Å²) in [6.45, 7) is 4.44. The molecular weight excluding hydrogens is 212 g/mol. The first-order chi connectivity index (χ1) is 8.13. The van der Waals surface area contributed by atoms with E-state index in [0.29, 0.717) is 11.8 Å². The van der Waals surface area contributed by atoms with Gasteiger partial charge in [-0.15, -0.1) is 0 Å². The summed E-state index contributed by atoms with van der Waals surface area (Å²) in [5.74, 6) is 3.27. The van der Waals surface area contributed by atoms with E-state index < -0.39 is 0 Å². The van der Waals surface area contributed by atoms with Gasteiger partial charge in [-0.1, -0.05) is 12.5 Å². The van der Waals surface area contributed by atoms with Crippen LogP contribution in [0, 0.1) is 5.92 Å². The van der Waals surface area contributed by atoms with Crippen LogP contribution in [0.3, 0.4) is 0 Å². The normalized spacial score (nSPS) is 29.1. The lowest BCUT2D eigenvalue weighted by atomic mass is 9.76. The van der Waals surface area contributed by atoms with E-state index >= 15 is 0 Å². The molecule has 2 heteroatoms. The van der Waals surface area contributed by atoms with Crippen LogP contribution in [0.2, 0.25) is 0 Å². The van der Waals surface area contributed by atoms with Crippen molar-refractivity contribution in [2.45, 2.75) is 44.6 Å². The van der Waals surface area contributed by atoms with Crippen molar-refractivity contribution in [3.8, 4) is 11.5 Å². The second kappa shape index (κ2) is 3.66. The van der Waals surface area contributed by atoms with Crippen LogP contribution in [0.5, 0.6) is 11.5 Å². The molecule has 92 valence electrons. The lowest BCUT2D eigenvalue weighted by Gasteiger charge is -2.42. The molecule has 2 aliphatic rings. The Hall–Kier alpha value is -1.18. The van der Waals surface area contributed by atoms with E-state index in [1.54, 1.807) is 7.11 Å². The monoisotopic (exact) mass is 232 g/mol. The van der Waals surface area contributed by atoms with E-state index in [4.69, 9.17) is 9.47 Å². The van der Waals surface area contributed by atoms with E-state index in [1.807, 2.05) is 6.07 Å². The third-order valence-electron chi connectivity index (χ3n) is 4.40. The predicted molar refractivity (Wildman–Crippen MR) is 67.8 cm³/mol. The molecule has 0 aromatic heterocycles. The molecule has 0 spiro atoms. The highest BCUT2D eigenvalue weighted by molar-refractivity contribution is 5.50. The van der Waals surface area contributed by atoms with E-state index in [0.717, 1.165) is 11.5 Å². The average Bonchev–Trinajstić information content (AvgIpc) is 2.77. The quantitative estimate of drug-likeness (QED) is 0.734. The van der Waals surface area contributed by atoms with Crippen molar-refractivity contribution in [3.63, 3.8) is 0 Å². The summed E-state index contributed by atoms with van der Waals surface area (Å²) in [4.78, 5) is 0. The van der Waals surface area contributed by atoms with Crippen molar-refractivity contribution in [2.75, 3.05) is 7.11 Å². The highest BCUT2D eigenvalue weighted by atomic mass is 16.5. The maximum Gasteiger partial charge on any atom is 0.127 e. The molecule has 0 bridgehead atoms. The number of fused-ring (bicyclic) bond motifs is 3. The highest BCUT2D eigenvalue weighted by Crippen LogP contribution is 2.55. The number of methoxy groups -OCH3 is 1. The molecule has 1 aliphatic carbocycles. The summed E-state index contributed by atoms with van der Waals surface area (Å²) in [6, 6.07) is 6.15. The molecule has 0 saturated heterocycles. The van der Waals surface area contributed by atoms with Gasteiger partial charge in [-0.25, -0.2) is 0 Å². The molecule has 0 amide bonds. The Labute approximate surface area is 103 Å². The predicted octanol–water partition coefficient (Wildman–Crippen LogP) is 3.75. The van der Waals surface area contributed by atoms with Crippen molar-refractivity contribution in [1.82, 2.24) is 0 Å². The molecule has 2 atom stereocenters. The Morgan fingerprint density at radius 2 is 2.12 bits per heavy atom.